The van der Waals surface area contributed by atoms with Crippen molar-refractivity contribution in [2.45, 2.75) is 38.6 Å². The third-order valence-corrected chi connectivity index (χ3v) is 7.57. The van der Waals surface area contributed by atoms with Gasteiger partial charge in [-0.2, -0.15) is 5.10 Å². The van der Waals surface area contributed by atoms with Crippen molar-refractivity contribution >= 4 is 17.3 Å². The first-order valence-corrected chi connectivity index (χ1v) is 13.0. The van der Waals surface area contributed by atoms with Crippen LogP contribution in [0.5, 0.6) is 11.5 Å². The number of ether oxygens (including phenoxy) is 2. The van der Waals surface area contributed by atoms with Crippen LogP contribution in [0.4, 0.5) is 5.69 Å². The third-order valence-electron chi connectivity index (χ3n) is 7.57. The zero-order chi connectivity index (χ0) is 25.8. The van der Waals surface area contributed by atoms with Gasteiger partial charge in [-0.1, -0.05) is 42.5 Å². The lowest BCUT2D eigenvalue weighted by Gasteiger charge is -2.34. The summed E-state index contributed by atoms with van der Waals surface area (Å²) in [4.78, 5) is 15.0. The minimum Gasteiger partial charge on any atom is -0.493 e. The quantitative estimate of drug-likeness (QED) is 0.410. The summed E-state index contributed by atoms with van der Waals surface area (Å²) in [6.45, 7) is 3.72. The second-order valence-corrected chi connectivity index (χ2v) is 9.91. The molecule has 2 aliphatic heterocycles. The van der Waals surface area contributed by atoms with E-state index in [0.717, 1.165) is 35.8 Å². The average molecular weight is 498 g/mol. The minimum absolute atomic E-state index is 0.0648. The van der Waals surface area contributed by atoms with Crippen LogP contribution in [0.15, 0.2) is 77.9 Å². The number of benzene rings is 3. The molecule has 0 saturated carbocycles. The normalized spacial score (nSPS) is 18.0. The maximum absolute atomic E-state index is 12.5. The van der Waals surface area contributed by atoms with E-state index in [1.54, 1.807) is 26.2 Å². The van der Waals surface area contributed by atoms with Gasteiger partial charge >= 0.3 is 0 Å². The van der Waals surface area contributed by atoms with E-state index < -0.39 is 0 Å². The lowest BCUT2D eigenvalue weighted by Crippen LogP contribution is -2.34. The van der Waals surface area contributed by atoms with Gasteiger partial charge in [0.25, 0.3) is 0 Å². The summed E-state index contributed by atoms with van der Waals surface area (Å²) in [5.41, 5.74) is 5.58. The first-order chi connectivity index (χ1) is 18.1. The standard InChI is InChI=1S/C31H35N3O3/c1-22(35)34-29(21-28(32-34)26-11-14-30(36-2)31(20-26)37-3)25-9-12-27(13-10-25)33-17-15-24(16-18-33)19-23-7-5-4-6-8-23/h4-14,20,24,29H,15-19,21H2,1-3H3. The van der Waals surface area contributed by atoms with Crippen molar-refractivity contribution in [3.8, 4) is 11.5 Å². The molecule has 0 radical (unpaired) electrons. The van der Waals surface area contributed by atoms with Crippen molar-refractivity contribution in [2.24, 2.45) is 11.0 Å². The van der Waals surface area contributed by atoms with Gasteiger partial charge in [0.05, 0.1) is 26.0 Å². The Bertz CT molecular complexity index is 1250. The number of piperidine rings is 1. The largest absolute Gasteiger partial charge is 0.493 e. The molecule has 6 heteroatoms. The number of carbonyl (C=O) groups excluding carboxylic acids is 1. The lowest BCUT2D eigenvalue weighted by atomic mass is 9.90. The van der Waals surface area contributed by atoms with Crippen LogP contribution < -0.4 is 14.4 Å². The third kappa shape index (κ3) is 5.48. The number of hydrazone groups is 1. The second kappa shape index (κ2) is 11.1. The van der Waals surface area contributed by atoms with Crippen molar-refractivity contribution in [3.63, 3.8) is 0 Å². The first-order valence-electron chi connectivity index (χ1n) is 13.0. The molecule has 3 aromatic rings. The smallest absolute Gasteiger partial charge is 0.240 e. The van der Waals surface area contributed by atoms with E-state index in [9.17, 15) is 4.79 Å². The molecule has 1 fully saturated rings. The Morgan fingerprint density at radius 1 is 0.919 bits per heavy atom. The predicted octanol–water partition coefficient (Wildman–Crippen LogP) is 5.86. The van der Waals surface area contributed by atoms with Gasteiger partial charge < -0.3 is 14.4 Å². The number of amides is 1. The Morgan fingerprint density at radius 2 is 1.62 bits per heavy atom. The van der Waals surface area contributed by atoms with Gasteiger partial charge in [0.1, 0.15) is 0 Å². The zero-order valence-corrected chi connectivity index (χ0v) is 21.9. The van der Waals surface area contributed by atoms with Crippen molar-refractivity contribution in [2.75, 3.05) is 32.2 Å². The molecule has 5 rings (SSSR count). The highest BCUT2D eigenvalue weighted by molar-refractivity contribution is 6.03. The van der Waals surface area contributed by atoms with E-state index in [2.05, 4.69) is 59.5 Å². The zero-order valence-electron chi connectivity index (χ0n) is 21.9. The minimum atomic E-state index is -0.119. The van der Waals surface area contributed by atoms with E-state index in [0.29, 0.717) is 17.9 Å². The first kappa shape index (κ1) is 24.9. The maximum atomic E-state index is 12.5. The highest BCUT2D eigenvalue weighted by Crippen LogP contribution is 2.36. The monoisotopic (exact) mass is 497 g/mol. The van der Waals surface area contributed by atoms with Gasteiger partial charge in [0.2, 0.25) is 5.91 Å². The fourth-order valence-corrected chi connectivity index (χ4v) is 5.50. The van der Waals surface area contributed by atoms with E-state index in [4.69, 9.17) is 14.6 Å². The van der Waals surface area contributed by atoms with Gasteiger partial charge in [-0.15, -0.1) is 0 Å². The van der Waals surface area contributed by atoms with Crippen LogP contribution in [0.25, 0.3) is 0 Å². The molecule has 0 N–H and O–H groups in total. The van der Waals surface area contributed by atoms with Crippen molar-refractivity contribution in [3.05, 3.63) is 89.5 Å². The fraction of sp³-hybridized carbons (Fsp3) is 0.355. The summed E-state index contributed by atoms with van der Waals surface area (Å²) < 4.78 is 10.8. The van der Waals surface area contributed by atoms with Gasteiger partial charge in [0.15, 0.2) is 11.5 Å². The topological polar surface area (TPSA) is 54.4 Å². The second-order valence-electron chi connectivity index (χ2n) is 9.91. The molecule has 0 bridgehead atoms. The van der Waals surface area contributed by atoms with Crippen LogP contribution in [-0.4, -0.2) is 43.9 Å². The number of methoxy groups -OCH3 is 2. The van der Waals surface area contributed by atoms with Crippen LogP contribution in [-0.2, 0) is 11.2 Å². The summed E-state index contributed by atoms with van der Waals surface area (Å²) in [7, 11) is 3.24. The molecule has 1 atom stereocenters. The van der Waals surface area contributed by atoms with E-state index in [1.165, 1.54) is 30.5 Å². The van der Waals surface area contributed by atoms with Gasteiger partial charge in [-0.05, 0) is 66.6 Å². The number of anilines is 1. The van der Waals surface area contributed by atoms with Gasteiger partial charge in [-0.25, -0.2) is 5.01 Å². The molecule has 0 aliphatic carbocycles. The number of rotatable bonds is 7. The molecular weight excluding hydrogens is 462 g/mol. The number of hydrogen-bond acceptors (Lipinski definition) is 5. The fourth-order valence-electron chi connectivity index (χ4n) is 5.50. The van der Waals surface area contributed by atoms with Crippen molar-refractivity contribution in [1.82, 2.24) is 5.01 Å². The highest BCUT2D eigenvalue weighted by Gasteiger charge is 2.32. The lowest BCUT2D eigenvalue weighted by molar-refractivity contribution is -0.130. The molecule has 37 heavy (non-hydrogen) atoms. The number of nitrogens with zero attached hydrogens (tertiary/aromatic N) is 3. The molecule has 6 nitrogen and oxygen atoms in total. The van der Waals surface area contributed by atoms with Crippen LogP contribution in [0.3, 0.4) is 0 Å². The summed E-state index contributed by atoms with van der Waals surface area (Å²) in [5, 5.41) is 6.30. The Morgan fingerprint density at radius 3 is 2.27 bits per heavy atom. The van der Waals surface area contributed by atoms with Crippen molar-refractivity contribution in [1.29, 1.82) is 0 Å². The molecule has 1 amide bonds. The van der Waals surface area contributed by atoms with Gasteiger partial charge in [-0.3, -0.25) is 4.79 Å². The van der Waals surface area contributed by atoms with Crippen LogP contribution in [0.1, 0.15) is 48.9 Å². The Hall–Kier alpha value is -3.80. The summed E-state index contributed by atoms with van der Waals surface area (Å²) in [5.74, 6) is 2.00. The molecule has 192 valence electrons. The molecule has 0 aromatic heterocycles. The Balaban J connectivity index is 1.25. The SMILES string of the molecule is COc1ccc(C2=NN(C(C)=O)C(c3ccc(N4CCC(Cc5ccccc5)CC4)cc3)C2)cc1OC. The van der Waals surface area contributed by atoms with E-state index in [1.807, 2.05) is 18.2 Å². The molecule has 1 unspecified atom stereocenters. The number of hydrogen-bond donors (Lipinski definition) is 0. The maximum Gasteiger partial charge on any atom is 0.240 e. The summed E-state index contributed by atoms with van der Waals surface area (Å²) in [6.07, 6.45) is 4.23. The van der Waals surface area contributed by atoms with Crippen molar-refractivity contribution < 1.29 is 14.3 Å². The molecule has 0 spiro atoms. The van der Waals surface area contributed by atoms with Crippen LogP contribution >= 0.6 is 0 Å². The van der Waals surface area contributed by atoms with E-state index >= 15 is 0 Å². The highest BCUT2D eigenvalue weighted by atomic mass is 16.5. The van der Waals surface area contributed by atoms with Crippen LogP contribution in [0, 0.1) is 5.92 Å². The molecule has 2 aliphatic rings. The summed E-state index contributed by atoms with van der Waals surface area (Å²) >= 11 is 0. The molecular formula is C31H35N3O3. The Labute approximate surface area is 219 Å². The number of carbonyl (C=O) groups is 1. The molecule has 3 aromatic carbocycles. The average Bonchev–Trinajstić information content (AvgIpc) is 3.40. The molecule has 1 saturated heterocycles. The Kier molecular flexibility index (Phi) is 7.45. The van der Waals surface area contributed by atoms with Gasteiger partial charge in [0, 0.05) is 37.7 Å². The van der Waals surface area contributed by atoms with E-state index in [-0.39, 0.29) is 11.9 Å². The molecule has 2 heterocycles. The summed E-state index contributed by atoms with van der Waals surface area (Å²) in [6, 6.07) is 25.1. The predicted molar refractivity (Wildman–Crippen MR) is 147 cm³/mol. The van der Waals surface area contributed by atoms with Crippen LogP contribution in [0.2, 0.25) is 0 Å².